The van der Waals surface area contributed by atoms with Crippen LogP contribution in [0.4, 0.5) is 10.5 Å². The third-order valence-corrected chi connectivity index (χ3v) is 4.67. The lowest BCUT2D eigenvalue weighted by Gasteiger charge is -2.21. The number of rotatable bonds is 8. The molecule has 1 aromatic rings. The molecule has 22 heavy (non-hydrogen) atoms. The summed E-state index contributed by atoms with van der Waals surface area (Å²) >= 11 is 0. The molecule has 0 heterocycles. The summed E-state index contributed by atoms with van der Waals surface area (Å²) in [6.07, 6.45) is 1.74. The highest BCUT2D eigenvalue weighted by Gasteiger charge is 2.17. The van der Waals surface area contributed by atoms with Crippen molar-refractivity contribution in [1.82, 2.24) is 10.0 Å². The fourth-order valence-corrected chi connectivity index (χ4v) is 2.95. The van der Waals surface area contributed by atoms with Crippen molar-refractivity contribution in [3.05, 3.63) is 24.3 Å². The Morgan fingerprint density at radius 3 is 2.18 bits per heavy atom. The van der Waals surface area contributed by atoms with Gasteiger partial charge in [-0.2, -0.15) is 0 Å². The molecule has 0 fully saturated rings. The summed E-state index contributed by atoms with van der Waals surface area (Å²) in [4.78, 5) is 13.8. The number of benzene rings is 1. The topological polar surface area (TPSA) is 78.5 Å². The van der Waals surface area contributed by atoms with Crippen LogP contribution < -0.4 is 14.9 Å². The van der Waals surface area contributed by atoms with Crippen molar-refractivity contribution < 1.29 is 13.2 Å². The van der Waals surface area contributed by atoms with E-state index in [2.05, 4.69) is 10.2 Å². The first-order valence-corrected chi connectivity index (χ1v) is 9.08. The first-order valence-electron chi connectivity index (χ1n) is 7.60. The standard InChI is InChI=1S/C15H25N3O3S/c1-4-7-12-16-15(19)17-22(20,21)14-10-8-13(9-11-14)18(5-2)6-3/h8-11H,4-7,12H2,1-3H3,(H2,16,17,19). The summed E-state index contributed by atoms with van der Waals surface area (Å²) < 4.78 is 26.2. The largest absolute Gasteiger partial charge is 0.372 e. The van der Waals surface area contributed by atoms with Gasteiger partial charge in [0, 0.05) is 25.3 Å². The summed E-state index contributed by atoms with van der Waals surface area (Å²) in [6, 6.07) is 5.82. The molecule has 2 amide bonds. The van der Waals surface area contributed by atoms with Crippen molar-refractivity contribution >= 4 is 21.7 Å². The van der Waals surface area contributed by atoms with E-state index in [1.807, 2.05) is 25.5 Å². The molecule has 1 rings (SSSR count). The predicted octanol–water partition coefficient (Wildman–Crippen LogP) is 2.32. The Morgan fingerprint density at radius 1 is 1.09 bits per heavy atom. The van der Waals surface area contributed by atoms with Crippen LogP contribution in [0.2, 0.25) is 0 Å². The average Bonchev–Trinajstić information content (AvgIpc) is 2.49. The number of sulfonamides is 1. The van der Waals surface area contributed by atoms with Gasteiger partial charge in [-0.05, 0) is 44.5 Å². The molecule has 0 aromatic heterocycles. The van der Waals surface area contributed by atoms with Crippen LogP contribution in [0.25, 0.3) is 0 Å². The molecule has 0 unspecified atom stereocenters. The summed E-state index contributed by atoms with van der Waals surface area (Å²) in [7, 11) is -3.83. The van der Waals surface area contributed by atoms with E-state index in [4.69, 9.17) is 0 Å². The van der Waals surface area contributed by atoms with Crippen LogP contribution in [0, 0.1) is 0 Å². The number of carbonyl (C=O) groups excluding carboxylic acids is 1. The second-order valence-corrected chi connectivity index (χ2v) is 6.56. The molecule has 0 saturated carbocycles. The van der Waals surface area contributed by atoms with Crippen molar-refractivity contribution in [1.29, 1.82) is 0 Å². The van der Waals surface area contributed by atoms with Gasteiger partial charge in [0.15, 0.2) is 0 Å². The molecule has 0 saturated heterocycles. The average molecular weight is 327 g/mol. The molecular weight excluding hydrogens is 302 g/mol. The maximum Gasteiger partial charge on any atom is 0.328 e. The number of hydrogen-bond donors (Lipinski definition) is 2. The maximum atomic E-state index is 12.1. The lowest BCUT2D eigenvalue weighted by atomic mass is 10.3. The molecule has 0 radical (unpaired) electrons. The second-order valence-electron chi connectivity index (χ2n) is 4.88. The number of anilines is 1. The second kappa shape index (κ2) is 8.63. The minimum Gasteiger partial charge on any atom is -0.372 e. The Bertz CT molecular complexity index is 566. The molecule has 124 valence electrons. The number of amides is 2. The minimum absolute atomic E-state index is 0.0778. The van der Waals surface area contributed by atoms with E-state index in [0.29, 0.717) is 6.54 Å². The van der Waals surface area contributed by atoms with Gasteiger partial charge < -0.3 is 10.2 Å². The molecule has 0 aliphatic rings. The van der Waals surface area contributed by atoms with E-state index in [9.17, 15) is 13.2 Å². The highest BCUT2D eigenvalue weighted by molar-refractivity contribution is 7.90. The lowest BCUT2D eigenvalue weighted by molar-refractivity contribution is 0.245. The Hall–Kier alpha value is -1.76. The third-order valence-electron chi connectivity index (χ3n) is 3.32. The SMILES string of the molecule is CCCCNC(=O)NS(=O)(=O)c1ccc(N(CC)CC)cc1. The molecule has 1 aromatic carbocycles. The third kappa shape index (κ3) is 5.22. The van der Waals surface area contributed by atoms with Crippen molar-refractivity contribution in [2.75, 3.05) is 24.5 Å². The summed E-state index contributed by atoms with van der Waals surface area (Å²) in [6.45, 7) is 8.22. The summed E-state index contributed by atoms with van der Waals surface area (Å²) in [5, 5.41) is 2.52. The van der Waals surface area contributed by atoms with Crippen LogP contribution in [0.1, 0.15) is 33.6 Å². The zero-order valence-corrected chi connectivity index (χ0v) is 14.2. The van der Waals surface area contributed by atoms with E-state index in [-0.39, 0.29) is 4.90 Å². The summed E-state index contributed by atoms with van der Waals surface area (Å²) in [5.74, 6) is 0. The van der Waals surface area contributed by atoms with E-state index in [1.54, 1.807) is 12.1 Å². The molecule has 0 spiro atoms. The Kier molecular flexibility index (Phi) is 7.17. The highest BCUT2D eigenvalue weighted by atomic mass is 32.2. The van der Waals surface area contributed by atoms with Crippen LogP contribution in [0.3, 0.4) is 0 Å². The van der Waals surface area contributed by atoms with E-state index >= 15 is 0 Å². The Labute approximate surface area is 132 Å². The summed E-state index contributed by atoms with van der Waals surface area (Å²) in [5.41, 5.74) is 0.955. The number of nitrogens with one attached hydrogen (secondary N) is 2. The quantitative estimate of drug-likeness (QED) is 0.718. The maximum absolute atomic E-state index is 12.1. The van der Waals surface area contributed by atoms with E-state index < -0.39 is 16.1 Å². The monoisotopic (exact) mass is 327 g/mol. The molecule has 0 atom stereocenters. The Morgan fingerprint density at radius 2 is 1.68 bits per heavy atom. The van der Waals surface area contributed by atoms with Gasteiger partial charge in [0.25, 0.3) is 10.0 Å². The van der Waals surface area contributed by atoms with Crippen LogP contribution in [0.5, 0.6) is 0 Å². The first kappa shape index (κ1) is 18.3. The van der Waals surface area contributed by atoms with Crippen LogP contribution in [-0.2, 0) is 10.0 Å². The van der Waals surface area contributed by atoms with Crippen molar-refractivity contribution in [2.45, 2.75) is 38.5 Å². The first-order chi connectivity index (χ1) is 10.4. The zero-order valence-electron chi connectivity index (χ0n) is 13.4. The fraction of sp³-hybridized carbons (Fsp3) is 0.533. The van der Waals surface area contributed by atoms with Crippen LogP contribution in [0.15, 0.2) is 29.2 Å². The number of nitrogens with zero attached hydrogens (tertiary/aromatic N) is 1. The molecule has 0 aliphatic carbocycles. The molecule has 6 nitrogen and oxygen atoms in total. The number of carbonyl (C=O) groups is 1. The van der Waals surface area contributed by atoms with Gasteiger partial charge in [0.2, 0.25) is 0 Å². The van der Waals surface area contributed by atoms with Crippen molar-refractivity contribution in [3.63, 3.8) is 0 Å². The van der Waals surface area contributed by atoms with E-state index in [1.165, 1.54) is 12.1 Å². The molecular formula is C15H25N3O3S. The minimum atomic E-state index is -3.83. The van der Waals surface area contributed by atoms with Crippen molar-refractivity contribution in [2.24, 2.45) is 0 Å². The van der Waals surface area contributed by atoms with Crippen molar-refractivity contribution in [3.8, 4) is 0 Å². The molecule has 7 heteroatoms. The van der Waals surface area contributed by atoms with Crippen LogP contribution in [-0.4, -0.2) is 34.1 Å². The van der Waals surface area contributed by atoms with Gasteiger partial charge in [-0.1, -0.05) is 13.3 Å². The normalized spacial score (nSPS) is 11.0. The van der Waals surface area contributed by atoms with Crippen LogP contribution >= 0.6 is 0 Å². The van der Waals surface area contributed by atoms with E-state index in [0.717, 1.165) is 31.6 Å². The van der Waals surface area contributed by atoms with Gasteiger partial charge in [0.1, 0.15) is 0 Å². The smallest absolute Gasteiger partial charge is 0.328 e. The van der Waals surface area contributed by atoms with Gasteiger partial charge in [-0.3, -0.25) is 0 Å². The molecule has 0 bridgehead atoms. The lowest BCUT2D eigenvalue weighted by Crippen LogP contribution is -2.39. The predicted molar refractivity (Wildman–Crippen MR) is 88.6 cm³/mol. The molecule has 0 aliphatic heterocycles. The number of hydrogen-bond acceptors (Lipinski definition) is 4. The van der Waals surface area contributed by atoms with Gasteiger partial charge in [-0.25, -0.2) is 17.9 Å². The van der Waals surface area contributed by atoms with Gasteiger partial charge in [0.05, 0.1) is 4.90 Å². The number of unbranched alkanes of at least 4 members (excludes halogenated alkanes) is 1. The zero-order chi connectivity index (χ0) is 16.6. The fourth-order valence-electron chi connectivity index (χ4n) is 2.02. The van der Waals surface area contributed by atoms with Gasteiger partial charge >= 0.3 is 6.03 Å². The molecule has 2 N–H and O–H groups in total. The Balaban J connectivity index is 2.75. The highest BCUT2D eigenvalue weighted by Crippen LogP contribution is 2.17. The van der Waals surface area contributed by atoms with Gasteiger partial charge in [-0.15, -0.1) is 0 Å². The number of urea groups is 1.